The van der Waals surface area contributed by atoms with Crippen LogP contribution in [0.25, 0.3) is 16.6 Å². The van der Waals surface area contributed by atoms with Gasteiger partial charge in [0, 0.05) is 38.1 Å². The van der Waals surface area contributed by atoms with Crippen molar-refractivity contribution < 1.29 is 0 Å². The predicted octanol–water partition coefficient (Wildman–Crippen LogP) is 4.19. The van der Waals surface area contributed by atoms with Gasteiger partial charge in [0.15, 0.2) is 0 Å². The van der Waals surface area contributed by atoms with Crippen LogP contribution in [-0.4, -0.2) is 50.9 Å². The molecule has 5 heteroatoms. The summed E-state index contributed by atoms with van der Waals surface area (Å²) in [5.41, 5.74) is 6.98. The molecule has 1 atom stereocenters. The second kappa shape index (κ2) is 8.01. The van der Waals surface area contributed by atoms with Crippen LogP contribution in [0.4, 0.5) is 0 Å². The van der Waals surface area contributed by atoms with Gasteiger partial charge < -0.3 is 4.40 Å². The molecule has 0 N–H and O–H groups in total. The van der Waals surface area contributed by atoms with Gasteiger partial charge in [-0.3, -0.25) is 14.8 Å². The molecule has 3 aromatic heterocycles. The molecule has 0 aliphatic carbocycles. The van der Waals surface area contributed by atoms with E-state index < -0.39 is 0 Å². The zero-order valence-electron chi connectivity index (χ0n) is 17.6. The van der Waals surface area contributed by atoms with Crippen molar-refractivity contribution in [2.75, 3.05) is 26.7 Å². The molecule has 0 saturated carbocycles. The maximum Gasteiger partial charge on any atom is 0.0996 e. The zero-order valence-corrected chi connectivity index (χ0v) is 17.6. The molecule has 5 rings (SSSR count). The van der Waals surface area contributed by atoms with Gasteiger partial charge >= 0.3 is 0 Å². The number of piperazine rings is 1. The topological polar surface area (TPSA) is 36.7 Å². The molecule has 4 heterocycles. The maximum absolute atomic E-state index is 4.84. The third-order valence-electron chi connectivity index (χ3n) is 6.05. The SMILES string of the molecule is Cc1cccc(CN2CCN(C)[C@H](c3ncn4cc(-c5ccccc5)ccc34)C2)n1. The minimum atomic E-state index is 0.274. The summed E-state index contributed by atoms with van der Waals surface area (Å²) in [5.74, 6) is 0. The smallest absolute Gasteiger partial charge is 0.0996 e. The highest BCUT2D eigenvalue weighted by atomic mass is 15.3. The molecule has 0 amide bonds. The Bertz CT molecular complexity index is 1150. The number of likely N-dealkylation sites (N-methyl/N-ethyl adjacent to an activating group) is 1. The van der Waals surface area contributed by atoms with Crippen LogP contribution < -0.4 is 0 Å². The van der Waals surface area contributed by atoms with E-state index in [9.17, 15) is 0 Å². The van der Waals surface area contributed by atoms with Gasteiger partial charge in [-0.2, -0.15) is 0 Å². The first-order valence-corrected chi connectivity index (χ1v) is 10.5. The van der Waals surface area contributed by atoms with E-state index in [1.165, 1.54) is 16.6 Å². The number of hydrogen-bond donors (Lipinski definition) is 0. The summed E-state index contributed by atoms with van der Waals surface area (Å²) in [6, 6.07) is 21.4. The highest BCUT2D eigenvalue weighted by Gasteiger charge is 2.28. The Hall–Kier alpha value is -3.02. The summed E-state index contributed by atoms with van der Waals surface area (Å²) in [6.45, 7) is 5.97. The Labute approximate surface area is 177 Å². The Morgan fingerprint density at radius 2 is 1.80 bits per heavy atom. The number of fused-ring (bicyclic) bond motifs is 1. The van der Waals surface area contributed by atoms with Gasteiger partial charge in [0.25, 0.3) is 0 Å². The van der Waals surface area contributed by atoms with Gasteiger partial charge in [-0.1, -0.05) is 42.5 Å². The number of rotatable bonds is 4. The molecule has 0 spiro atoms. The minimum absolute atomic E-state index is 0.274. The van der Waals surface area contributed by atoms with Crippen LogP contribution in [0.2, 0.25) is 0 Å². The molecule has 1 saturated heterocycles. The van der Waals surface area contributed by atoms with Crippen LogP contribution >= 0.6 is 0 Å². The van der Waals surface area contributed by atoms with Gasteiger partial charge in [0.05, 0.1) is 29.3 Å². The molecular formula is C25H27N5. The lowest BCUT2D eigenvalue weighted by Crippen LogP contribution is -2.46. The van der Waals surface area contributed by atoms with Crippen molar-refractivity contribution in [3.63, 3.8) is 0 Å². The van der Waals surface area contributed by atoms with Crippen molar-refractivity contribution in [2.24, 2.45) is 0 Å². The number of benzene rings is 1. The van der Waals surface area contributed by atoms with E-state index in [0.29, 0.717) is 0 Å². The molecule has 152 valence electrons. The molecule has 4 aromatic rings. The van der Waals surface area contributed by atoms with E-state index in [4.69, 9.17) is 4.98 Å². The molecular weight excluding hydrogens is 370 g/mol. The summed E-state index contributed by atoms with van der Waals surface area (Å²) in [5, 5.41) is 0. The Balaban J connectivity index is 1.40. The summed E-state index contributed by atoms with van der Waals surface area (Å²) in [7, 11) is 2.20. The largest absolute Gasteiger partial charge is 0.305 e. The van der Waals surface area contributed by atoms with Crippen LogP contribution in [0, 0.1) is 6.92 Å². The van der Waals surface area contributed by atoms with Gasteiger partial charge in [0.1, 0.15) is 0 Å². The highest BCUT2D eigenvalue weighted by Crippen LogP contribution is 2.29. The number of nitrogens with zero attached hydrogens (tertiary/aromatic N) is 5. The monoisotopic (exact) mass is 397 g/mol. The van der Waals surface area contributed by atoms with Crippen molar-refractivity contribution in [3.05, 3.63) is 90.3 Å². The molecule has 30 heavy (non-hydrogen) atoms. The number of aryl methyl sites for hydroxylation is 1. The van der Waals surface area contributed by atoms with Gasteiger partial charge in [0.2, 0.25) is 0 Å². The lowest BCUT2D eigenvalue weighted by atomic mass is 10.1. The molecule has 1 aromatic carbocycles. The molecule has 0 bridgehead atoms. The van der Waals surface area contributed by atoms with Crippen LogP contribution in [0.3, 0.4) is 0 Å². The first-order chi connectivity index (χ1) is 14.7. The number of hydrogen-bond acceptors (Lipinski definition) is 4. The van der Waals surface area contributed by atoms with E-state index in [2.05, 4.69) is 94.0 Å². The molecule has 5 nitrogen and oxygen atoms in total. The standard InChI is InChI=1S/C25H27N5/c1-19-7-6-10-22(27-19)16-29-14-13-28(2)24(17-29)25-23-12-11-21(15-30(23)18-26-25)20-8-4-3-5-9-20/h3-12,15,18,24H,13-14,16-17H2,1-2H3/t24-/m0/s1. The summed E-state index contributed by atoms with van der Waals surface area (Å²) >= 11 is 0. The van der Waals surface area contributed by atoms with E-state index in [1.807, 2.05) is 12.4 Å². The number of aromatic nitrogens is 3. The molecule has 1 fully saturated rings. The first kappa shape index (κ1) is 19.0. The van der Waals surface area contributed by atoms with E-state index >= 15 is 0 Å². The van der Waals surface area contributed by atoms with Crippen molar-refractivity contribution in [1.82, 2.24) is 24.2 Å². The van der Waals surface area contributed by atoms with E-state index in [0.717, 1.165) is 43.3 Å². The second-order valence-corrected chi connectivity index (χ2v) is 8.21. The highest BCUT2D eigenvalue weighted by molar-refractivity contribution is 5.66. The Morgan fingerprint density at radius 1 is 0.933 bits per heavy atom. The summed E-state index contributed by atoms with van der Waals surface area (Å²) in [4.78, 5) is 14.4. The van der Waals surface area contributed by atoms with Crippen LogP contribution in [0.15, 0.2) is 73.2 Å². The zero-order chi connectivity index (χ0) is 20.5. The lowest BCUT2D eigenvalue weighted by molar-refractivity contribution is 0.0883. The van der Waals surface area contributed by atoms with Crippen molar-refractivity contribution in [3.8, 4) is 11.1 Å². The second-order valence-electron chi connectivity index (χ2n) is 8.21. The molecule has 0 unspecified atom stereocenters. The van der Waals surface area contributed by atoms with Crippen molar-refractivity contribution in [1.29, 1.82) is 0 Å². The summed E-state index contributed by atoms with van der Waals surface area (Å²) in [6.07, 6.45) is 4.13. The van der Waals surface area contributed by atoms with E-state index in [-0.39, 0.29) is 6.04 Å². The van der Waals surface area contributed by atoms with Crippen molar-refractivity contribution in [2.45, 2.75) is 19.5 Å². The van der Waals surface area contributed by atoms with Gasteiger partial charge in [-0.25, -0.2) is 4.98 Å². The number of imidazole rings is 1. The fourth-order valence-corrected chi connectivity index (χ4v) is 4.36. The number of pyridine rings is 2. The summed E-state index contributed by atoms with van der Waals surface area (Å²) < 4.78 is 2.16. The van der Waals surface area contributed by atoms with Gasteiger partial charge in [-0.15, -0.1) is 0 Å². The Kier molecular flexibility index (Phi) is 5.07. The third-order valence-corrected chi connectivity index (χ3v) is 6.05. The fourth-order valence-electron chi connectivity index (χ4n) is 4.36. The van der Waals surface area contributed by atoms with Crippen LogP contribution in [0.5, 0.6) is 0 Å². The quantitative estimate of drug-likeness (QED) is 0.517. The minimum Gasteiger partial charge on any atom is -0.305 e. The normalized spacial score (nSPS) is 18.1. The lowest BCUT2D eigenvalue weighted by Gasteiger charge is -2.38. The van der Waals surface area contributed by atoms with Gasteiger partial charge in [-0.05, 0) is 43.3 Å². The van der Waals surface area contributed by atoms with E-state index in [1.54, 1.807) is 0 Å². The average Bonchev–Trinajstić information content (AvgIpc) is 3.19. The first-order valence-electron chi connectivity index (χ1n) is 10.5. The molecule has 0 radical (unpaired) electrons. The predicted molar refractivity (Wildman–Crippen MR) is 120 cm³/mol. The third kappa shape index (κ3) is 3.74. The van der Waals surface area contributed by atoms with Crippen LogP contribution in [0.1, 0.15) is 23.1 Å². The maximum atomic E-state index is 4.84. The average molecular weight is 398 g/mol. The van der Waals surface area contributed by atoms with Crippen molar-refractivity contribution >= 4 is 5.52 Å². The fraction of sp³-hybridized carbons (Fsp3) is 0.280. The molecule has 1 aliphatic heterocycles. The molecule has 1 aliphatic rings. The van der Waals surface area contributed by atoms with Crippen LogP contribution in [-0.2, 0) is 6.54 Å². The Morgan fingerprint density at radius 3 is 2.63 bits per heavy atom.